The van der Waals surface area contributed by atoms with Crippen molar-refractivity contribution in [1.29, 1.82) is 0 Å². The molecule has 0 aromatic rings. The molecule has 0 aliphatic heterocycles. The first-order valence-corrected chi connectivity index (χ1v) is 4.33. The molecule has 0 saturated heterocycles. The highest BCUT2D eigenvalue weighted by Crippen LogP contribution is 1.88. The molecule has 1 N–H and O–H groups in total. The van der Waals surface area contributed by atoms with E-state index in [0.29, 0.717) is 26.4 Å². The van der Waals surface area contributed by atoms with Gasteiger partial charge in [0.05, 0.1) is 19.8 Å². The molecule has 3 nitrogen and oxygen atoms in total. The van der Waals surface area contributed by atoms with Crippen LogP contribution in [0.1, 0.15) is 6.42 Å². The van der Waals surface area contributed by atoms with Crippen LogP contribution in [0.3, 0.4) is 0 Å². The van der Waals surface area contributed by atoms with Gasteiger partial charge in [0, 0.05) is 13.7 Å². The number of alkyl halides is 2. The van der Waals surface area contributed by atoms with Crippen molar-refractivity contribution in [2.24, 2.45) is 0 Å². The van der Waals surface area contributed by atoms with Crippen molar-refractivity contribution in [1.82, 2.24) is 5.32 Å². The molecule has 0 aliphatic carbocycles. The normalized spacial score (nSPS) is 11.1. The van der Waals surface area contributed by atoms with Crippen molar-refractivity contribution in [2.45, 2.75) is 12.8 Å². The van der Waals surface area contributed by atoms with Crippen molar-refractivity contribution < 1.29 is 18.3 Å². The van der Waals surface area contributed by atoms with Gasteiger partial charge in [-0.15, -0.1) is 0 Å². The minimum atomic E-state index is -2.27. The Morgan fingerprint density at radius 3 is 2.62 bits per heavy atom. The number of methoxy groups -OCH3 is 1. The monoisotopic (exact) mass is 197 g/mol. The summed E-state index contributed by atoms with van der Waals surface area (Å²) in [6.07, 6.45) is -1.52. The molecule has 80 valence electrons. The Kier molecular flexibility index (Phi) is 9.63. The highest BCUT2D eigenvalue weighted by molar-refractivity contribution is 4.48. The van der Waals surface area contributed by atoms with Crippen LogP contribution in [0.25, 0.3) is 0 Å². The fraction of sp³-hybridized carbons (Fsp3) is 1.00. The summed E-state index contributed by atoms with van der Waals surface area (Å²) in [4.78, 5) is 0. The average molecular weight is 197 g/mol. The van der Waals surface area contributed by atoms with Crippen LogP contribution < -0.4 is 5.32 Å². The van der Waals surface area contributed by atoms with Gasteiger partial charge in [0.15, 0.2) is 0 Å². The highest BCUT2D eigenvalue weighted by Gasteiger charge is 1.99. The third kappa shape index (κ3) is 11.7. The predicted molar refractivity (Wildman–Crippen MR) is 46.2 cm³/mol. The molecular weight excluding hydrogens is 180 g/mol. The van der Waals surface area contributed by atoms with E-state index in [1.807, 2.05) is 0 Å². The number of rotatable bonds is 9. The largest absolute Gasteiger partial charge is 0.382 e. The molecule has 0 saturated carbocycles. The Balaban J connectivity index is 2.84. The molecule has 0 fully saturated rings. The number of hydrogen-bond donors (Lipinski definition) is 1. The van der Waals surface area contributed by atoms with Crippen LogP contribution in [0.4, 0.5) is 8.78 Å². The predicted octanol–water partition coefficient (Wildman–Crippen LogP) is 0.894. The molecule has 0 rings (SSSR count). The smallest absolute Gasteiger partial charge is 0.250 e. The second-order valence-electron chi connectivity index (χ2n) is 2.55. The van der Waals surface area contributed by atoms with E-state index in [4.69, 9.17) is 9.47 Å². The van der Waals surface area contributed by atoms with E-state index in [-0.39, 0.29) is 6.54 Å². The lowest BCUT2D eigenvalue weighted by Crippen LogP contribution is -2.23. The lowest BCUT2D eigenvalue weighted by Gasteiger charge is -2.04. The molecular formula is C8H17F2NO2. The number of ether oxygens (including phenoxy) is 2. The summed E-state index contributed by atoms with van der Waals surface area (Å²) in [6, 6.07) is 0. The van der Waals surface area contributed by atoms with Crippen molar-refractivity contribution in [2.75, 3.05) is 40.0 Å². The van der Waals surface area contributed by atoms with Gasteiger partial charge in [-0.25, -0.2) is 8.78 Å². The summed E-state index contributed by atoms with van der Waals surface area (Å²) in [5.41, 5.74) is 0. The van der Waals surface area contributed by atoms with Gasteiger partial charge in [0.1, 0.15) is 0 Å². The molecule has 0 aliphatic rings. The Morgan fingerprint density at radius 1 is 1.23 bits per heavy atom. The SMILES string of the molecule is COCCOCCCNCC(F)F. The second-order valence-corrected chi connectivity index (χ2v) is 2.55. The maximum Gasteiger partial charge on any atom is 0.250 e. The first kappa shape index (κ1) is 12.7. The molecule has 13 heavy (non-hydrogen) atoms. The van der Waals surface area contributed by atoms with E-state index in [9.17, 15) is 8.78 Å². The number of hydrogen-bond acceptors (Lipinski definition) is 3. The van der Waals surface area contributed by atoms with Crippen molar-refractivity contribution >= 4 is 0 Å². The van der Waals surface area contributed by atoms with E-state index >= 15 is 0 Å². The minimum Gasteiger partial charge on any atom is -0.382 e. The fourth-order valence-electron chi connectivity index (χ4n) is 0.755. The minimum absolute atomic E-state index is 0.238. The fourth-order valence-corrected chi connectivity index (χ4v) is 0.755. The molecule has 5 heteroatoms. The van der Waals surface area contributed by atoms with Gasteiger partial charge < -0.3 is 14.8 Å². The molecule has 0 aromatic heterocycles. The van der Waals surface area contributed by atoms with Crippen LogP contribution in [0, 0.1) is 0 Å². The van der Waals surface area contributed by atoms with Gasteiger partial charge in [-0.3, -0.25) is 0 Å². The van der Waals surface area contributed by atoms with Crippen LogP contribution in [0.2, 0.25) is 0 Å². The Bertz CT molecular complexity index is 104. The van der Waals surface area contributed by atoms with E-state index in [1.165, 1.54) is 0 Å². The van der Waals surface area contributed by atoms with Crippen molar-refractivity contribution in [3.8, 4) is 0 Å². The summed E-state index contributed by atoms with van der Waals surface area (Å²) in [5.74, 6) is 0. The summed E-state index contributed by atoms with van der Waals surface area (Å²) in [7, 11) is 1.60. The Labute approximate surface area is 77.4 Å². The van der Waals surface area contributed by atoms with Crippen LogP contribution >= 0.6 is 0 Å². The molecule has 0 heterocycles. The Hall–Kier alpha value is -0.260. The summed E-state index contributed by atoms with van der Waals surface area (Å²) in [5, 5.41) is 2.61. The molecule has 0 radical (unpaired) electrons. The molecule has 0 amide bonds. The average Bonchev–Trinajstić information content (AvgIpc) is 2.09. The van der Waals surface area contributed by atoms with Crippen molar-refractivity contribution in [3.05, 3.63) is 0 Å². The Morgan fingerprint density at radius 2 is 2.00 bits per heavy atom. The maximum absolute atomic E-state index is 11.6. The zero-order valence-electron chi connectivity index (χ0n) is 7.89. The van der Waals surface area contributed by atoms with Gasteiger partial charge in [0.2, 0.25) is 0 Å². The van der Waals surface area contributed by atoms with E-state index in [0.717, 1.165) is 6.42 Å². The molecule has 0 spiro atoms. The number of nitrogens with one attached hydrogen (secondary N) is 1. The zero-order valence-corrected chi connectivity index (χ0v) is 7.89. The van der Waals surface area contributed by atoms with Gasteiger partial charge in [-0.1, -0.05) is 0 Å². The molecule has 0 bridgehead atoms. The van der Waals surface area contributed by atoms with E-state index in [2.05, 4.69) is 5.32 Å². The highest BCUT2D eigenvalue weighted by atomic mass is 19.3. The van der Waals surface area contributed by atoms with E-state index in [1.54, 1.807) is 7.11 Å². The topological polar surface area (TPSA) is 30.5 Å². The molecule has 0 aromatic carbocycles. The third-order valence-corrected chi connectivity index (χ3v) is 1.37. The first-order chi connectivity index (χ1) is 6.27. The quantitative estimate of drug-likeness (QED) is 0.557. The van der Waals surface area contributed by atoms with Crippen LogP contribution in [0.15, 0.2) is 0 Å². The lowest BCUT2D eigenvalue weighted by atomic mass is 10.4. The van der Waals surface area contributed by atoms with Crippen molar-refractivity contribution in [3.63, 3.8) is 0 Å². The van der Waals surface area contributed by atoms with Gasteiger partial charge in [-0.2, -0.15) is 0 Å². The molecule has 0 atom stereocenters. The van der Waals surface area contributed by atoms with Crippen LogP contribution in [-0.4, -0.2) is 46.4 Å². The van der Waals surface area contributed by atoms with E-state index < -0.39 is 6.43 Å². The third-order valence-electron chi connectivity index (χ3n) is 1.37. The zero-order chi connectivity index (χ0) is 9.94. The summed E-state index contributed by atoms with van der Waals surface area (Å²) in [6.45, 7) is 2.05. The standard InChI is InChI=1S/C8H17F2NO2/c1-12-5-6-13-4-2-3-11-7-8(9)10/h8,11H,2-7H2,1H3. The summed E-state index contributed by atoms with van der Waals surface area (Å²) < 4.78 is 33.1. The van der Waals surface area contributed by atoms with Crippen LogP contribution in [0.5, 0.6) is 0 Å². The van der Waals surface area contributed by atoms with Gasteiger partial charge in [0.25, 0.3) is 6.43 Å². The second kappa shape index (κ2) is 9.83. The first-order valence-electron chi connectivity index (χ1n) is 4.33. The lowest BCUT2D eigenvalue weighted by molar-refractivity contribution is 0.0688. The summed E-state index contributed by atoms with van der Waals surface area (Å²) >= 11 is 0. The van der Waals surface area contributed by atoms with Gasteiger partial charge in [-0.05, 0) is 13.0 Å². The van der Waals surface area contributed by atoms with Gasteiger partial charge >= 0.3 is 0 Å². The number of halogens is 2. The maximum atomic E-state index is 11.6. The molecule has 0 unspecified atom stereocenters. The van der Waals surface area contributed by atoms with Crippen LogP contribution in [-0.2, 0) is 9.47 Å².